The first-order valence-electron chi connectivity index (χ1n) is 7.93. The summed E-state index contributed by atoms with van der Waals surface area (Å²) in [5.74, 6) is 2.41. The first kappa shape index (κ1) is 15.9. The number of hydrogen-bond acceptors (Lipinski definition) is 3. The molecule has 0 radical (unpaired) electrons. The van der Waals surface area contributed by atoms with Crippen molar-refractivity contribution in [3.8, 4) is 22.8 Å². The van der Waals surface area contributed by atoms with E-state index >= 15 is 0 Å². The second-order valence-electron chi connectivity index (χ2n) is 5.80. The fourth-order valence-corrected chi connectivity index (χ4v) is 3.52. The number of benzene rings is 2. The molecule has 0 bridgehead atoms. The minimum atomic E-state index is 0.721. The van der Waals surface area contributed by atoms with Crippen molar-refractivity contribution < 1.29 is 9.47 Å². The van der Waals surface area contributed by atoms with Gasteiger partial charge < -0.3 is 14.8 Å². The van der Waals surface area contributed by atoms with Crippen LogP contribution in [0.4, 0.5) is 5.82 Å². The number of hydrogen-bond donors (Lipinski definition) is 3. The summed E-state index contributed by atoms with van der Waals surface area (Å²) in [6.07, 6.45) is 0. The maximum absolute atomic E-state index is 5.42. The number of anilines is 1. The minimum Gasteiger partial charge on any atom is -0.493 e. The van der Waals surface area contributed by atoms with Gasteiger partial charge in [0.25, 0.3) is 0 Å². The van der Waals surface area contributed by atoms with Crippen molar-refractivity contribution in [3.05, 3.63) is 52.5 Å². The van der Waals surface area contributed by atoms with Gasteiger partial charge in [-0.15, -0.1) is 0 Å². The molecule has 0 spiro atoms. The van der Waals surface area contributed by atoms with E-state index in [0.29, 0.717) is 0 Å². The number of aromatic nitrogens is 2. The van der Waals surface area contributed by atoms with Gasteiger partial charge in [0.1, 0.15) is 5.82 Å². The van der Waals surface area contributed by atoms with Gasteiger partial charge in [-0.2, -0.15) is 0 Å². The highest BCUT2D eigenvalue weighted by Crippen LogP contribution is 2.42. The summed E-state index contributed by atoms with van der Waals surface area (Å²) in [7, 11) is 3.30. The fourth-order valence-electron chi connectivity index (χ4n) is 3.09. The molecule has 1 aliphatic carbocycles. The molecule has 0 aromatic heterocycles. The second kappa shape index (κ2) is 6.37. The lowest BCUT2D eigenvalue weighted by atomic mass is 10.2. The van der Waals surface area contributed by atoms with Crippen LogP contribution in [0.1, 0.15) is 5.56 Å². The number of halogens is 1. The number of methoxy groups -OCH3 is 2. The van der Waals surface area contributed by atoms with Crippen LogP contribution < -0.4 is 14.8 Å². The monoisotopic (exact) mass is 399 g/mol. The Balaban J connectivity index is 1.69. The summed E-state index contributed by atoms with van der Waals surface area (Å²) in [5, 5.41) is 12.1. The Kier molecular flexibility index (Phi) is 4.05. The zero-order valence-electron chi connectivity index (χ0n) is 13.9. The Bertz CT molecular complexity index is 1010. The zero-order valence-corrected chi connectivity index (χ0v) is 15.5. The largest absolute Gasteiger partial charge is 0.493 e. The molecule has 0 saturated heterocycles. The molecule has 0 unspecified atom stereocenters. The highest BCUT2D eigenvalue weighted by Gasteiger charge is 2.19. The van der Waals surface area contributed by atoms with E-state index in [1.807, 2.05) is 30.3 Å². The van der Waals surface area contributed by atoms with Crippen LogP contribution in [0.2, 0.25) is 0 Å². The highest BCUT2D eigenvalue weighted by atomic mass is 79.9. The van der Waals surface area contributed by atoms with Gasteiger partial charge in [0.15, 0.2) is 11.5 Å². The third-order valence-corrected chi connectivity index (χ3v) is 5.16. The van der Waals surface area contributed by atoms with Crippen LogP contribution >= 0.6 is 15.9 Å². The number of fused-ring (bicyclic) bond motifs is 3. The molecule has 1 aliphatic heterocycles. The second-order valence-corrected chi connectivity index (χ2v) is 6.65. The average molecular weight is 400 g/mol. The first-order valence-corrected chi connectivity index (χ1v) is 8.72. The number of rotatable bonds is 5. The molecule has 0 amide bonds. The molecule has 2 aromatic carbocycles. The van der Waals surface area contributed by atoms with Crippen molar-refractivity contribution in [1.29, 1.82) is 0 Å². The first-order chi connectivity index (χ1) is 12.2. The smallest absolute Gasteiger partial charge is 0.161 e. The van der Waals surface area contributed by atoms with Gasteiger partial charge in [-0.3, -0.25) is 10.2 Å². The standard InChI is InChI=1S/C19H18BrN3O2/c1-24-16-8-12-7-14-18(13(12)9-17(16)25-2)22-23-19(14)21-10-11-5-3-4-6-15(11)20/h3-9,21-23H,10H2,1-2H3. The lowest BCUT2D eigenvalue weighted by Gasteiger charge is -2.07. The summed E-state index contributed by atoms with van der Waals surface area (Å²) in [6, 6.07) is 14.3. The number of ether oxygens (including phenoxy) is 2. The van der Waals surface area contributed by atoms with E-state index < -0.39 is 0 Å². The lowest BCUT2D eigenvalue weighted by Crippen LogP contribution is -2.00. The van der Waals surface area contributed by atoms with Crippen molar-refractivity contribution in [2.75, 3.05) is 19.5 Å². The molecule has 5 nitrogen and oxygen atoms in total. The lowest BCUT2D eigenvalue weighted by molar-refractivity contribution is 0.356. The van der Waals surface area contributed by atoms with Gasteiger partial charge in [0.2, 0.25) is 0 Å². The molecule has 2 aliphatic rings. The fraction of sp³-hybridized carbons (Fsp3) is 0.158. The summed E-state index contributed by atoms with van der Waals surface area (Å²) in [6.45, 7) is 0.721. The van der Waals surface area contributed by atoms with E-state index in [0.717, 1.165) is 50.4 Å². The van der Waals surface area contributed by atoms with Crippen molar-refractivity contribution in [2.24, 2.45) is 0 Å². The van der Waals surface area contributed by atoms with Crippen LogP contribution in [-0.4, -0.2) is 24.4 Å². The van der Waals surface area contributed by atoms with Crippen LogP contribution in [0, 0.1) is 0 Å². The number of aromatic amines is 2. The van der Waals surface area contributed by atoms with Gasteiger partial charge >= 0.3 is 0 Å². The van der Waals surface area contributed by atoms with Crippen molar-refractivity contribution in [2.45, 2.75) is 6.54 Å². The van der Waals surface area contributed by atoms with E-state index in [2.05, 4.69) is 43.6 Å². The van der Waals surface area contributed by atoms with Crippen molar-refractivity contribution in [3.63, 3.8) is 0 Å². The molecular weight excluding hydrogens is 382 g/mol. The van der Waals surface area contributed by atoms with Crippen LogP contribution in [0.25, 0.3) is 22.0 Å². The maximum atomic E-state index is 5.42. The topological polar surface area (TPSA) is 62.1 Å². The van der Waals surface area contributed by atoms with Crippen LogP contribution in [0.15, 0.2) is 46.9 Å². The molecule has 25 heavy (non-hydrogen) atoms. The Morgan fingerprint density at radius 2 is 1.76 bits per heavy atom. The third-order valence-electron chi connectivity index (χ3n) is 4.39. The Morgan fingerprint density at radius 1 is 1.00 bits per heavy atom. The Morgan fingerprint density at radius 3 is 2.52 bits per heavy atom. The van der Waals surface area contributed by atoms with E-state index in [4.69, 9.17) is 9.47 Å². The molecule has 0 saturated carbocycles. The minimum absolute atomic E-state index is 0.721. The zero-order chi connectivity index (χ0) is 17.4. The predicted molar refractivity (Wildman–Crippen MR) is 104 cm³/mol. The summed E-state index contributed by atoms with van der Waals surface area (Å²) >= 11 is 3.58. The summed E-state index contributed by atoms with van der Waals surface area (Å²) in [5.41, 5.74) is 3.35. The third kappa shape index (κ3) is 2.72. The average Bonchev–Trinajstić information content (AvgIpc) is 3.18. The van der Waals surface area contributed by atoms with E-state index in [1.54, 1.807) is 14.2 Å². The number of H-pyrrole nitrogens is 2. The molecular formula is C19H18BrN3O2. The molecule has 128 valence electrons. The predicted octanol–water partition coefficient (Wildman–Crippen LogP) is 4.99. The Hall–Kier alpha value is -2.60. The molecule has 3 N–H and O–H groups in total. The maximum Gasteiger partial charge on any atom is 0.161 e. The van der Waals surface area contributed by atoms with E-state index in [1.165, 1.54) is 5.56 Å². The molecule has 0 fully saturated rings. The van der Waals surface area contributed by atoms with Gasteiger partial charge in [-0.1, -0.05) is 34.1 Å². The van der Waals surface area contributed by atoms with Gasteiger partial charge in [0, 0.05) is 22.0 Å². The van der Waals surface area contributed by atoms with Gasteiger partial charge in [-0.05, 0) is 35.2 Å². The molecule has 2 aromatic rings. The van der Waals surface area contributed by atoms with Crippen molar-refractivity contribution in [1.82, 2.24) is 10.2 Å². The van der Waals surface area contributed by atoms with Crippen LogP contribution in [0.5, 0.6) is 11.5 Å². The number of nitrogens with one attached hydrogen (secondary N) is 3. The van der Waals surface area contributed by atoms with E-state index in [9.17, 15) is 0 Å². The van der Waals surface area contributed by atoms with Gasteiger partial charge in [-0.25, -0.2) is 0 Å². The van der Waals surface area contributed by atoms with Crippen LogP contribution in [-0.2, 0) is 6.54 Å². The molecule has 4 rings (SSSR count). The Labute approximate surface area is 153 Å². The highest BCUT2D eigenvalue weighted by molar-refractivity contribution is 9.10. The quantitative estimate of drug-likeness (QED) is 0.442. The van der Waals surface area contributed by atoms with Gasteiger partial charge in [0.05, 0.1) is 19.9 Å². The molecule has 6 heteroatoms. The van der Waals surface area contributed by atoms with Crippen LogP contribution in [0.3, 0.4) is 0 Å². The molecule has 1 heterocycles. The SMILES string of the molecule is COc1cc2cc3c(NCc4ccccc4Br)[nH][nH]c-3c2cc1OC. The van der Waals surface area contributed by atoms with Crippen molar-refractivity contribution >= 4 is 32.5 Å². The summed E-state index contributed by atoms with van der Waals surface area (Å²) in [4.78, 5) is 0. The molecule has 0 atom stereocenters. The van der Waals surface area contributed by atoms with E-state index in [-0.39, 0.29) is 0 Å². The normalized spacial score (nSPS) is 11.2. The summed E-state index contributed by atoms with van der Waals surface area (Å²) < 4.78 is 11.9.